The number of allylic oxidation sites excluding steroid dienone is 5. The Morgan fingerprint density at radius 1 is 0.526 bits per heavy atom. The van der Waals surface area contributed by atoms with Crippen molar-refractivity contribution in [3.63, 3.8) is 0 Å². The minimum atomic E-state index is -1.61. The molecule has 6 N–H and O–H groups in total. The monoisotopic (exact) mass is 1080 g/mol. The van der Waals surface area contributed by atoms with E-state index in [1.807, 2.05) is 6.08 Å². The molecule has 0 bridgehead atoms. The number of unbranched alkanes of at least 4 members (excludes halogenated alkanes) is 37. The Hall–Kier alpha value is -2.12. The fourth-order valence-electron chi connectivity index (χ4n) is 10.2. The minimum absolute atomic E-state index is 0.116. The number of hydrogen-bond acceptors (Lipinski definition) is 10. The van der Waals surface area contributed by atoms with E-state index in [0.717, 1.165) is 83.5 Å². The average Bonchev–Trinajstić information content (AvgIpc) is 3.42. The van der Waals surface area contributed by atoms with Gasteiger partial charge in [0.25, 0.3) is 0 Å². The summed E-state index contributed by atoms with van der Waals surface area (Å²) in [5, 5.41) is 57.0. The van der Waals surface area contributed by atoms with Crippen molar-refractivity contribution in [3.05, 3.63) is 36.5 Å². The first-order chi connectivity index (χ1) is 37.2. The van der Waals surface area contributed by atoms with Gasteiger partial charge >= 0.3 is 5.97 Å². The van der Waals surface area contributed by atoms with Gasteiger partial charge in [-0.3, -0.25) is 9.59 Å². The maximum Gasteiger partial charge on any atom is 0.306 e. The van der Waals surface area contributed by atoms with E-state index in [1.165, 1.54) is 173 Å². The molecular weight excluding hydrogens is 955 g/mol. The predicted molar refractivity (Wildman–Crippen MR) is 315 cm³/mol. The number of ether oxygens (including phenoxy) is 3. The Bertz CT molecular complexity index is 1380. The van der Waals surface area contributed by atoms with Gasteiger partial charge in [0.15, 0.2) is 12.4 Å². The molecule has 11 nitrogen and oxygen atoms in total. The van der Waals surface area contributed by atoms with Crippen molar-refractivity contribution in [2.24, 2.45) is 0 Å². The van der Waals surface area contributed by atoms with E-state index in [4.69, 9.17) is 14.2 Å². The molecule has 1 saturated heterocycles. The molecule has 0 aromatic carbocycles. The Labute approximate surface area is 466 Å². The van der Waals surface area contributed by atoms with Crippen molar-refractivity contribution in [2.75, 3.05) is 13.2 Å². The van der Waals surface area contributed by atoms with Crippen molar-refractivity contribution in [2.45, 2.75) is 352 Å². The van der Waals surface area contributed by atoms with Gasteiger partial charge in [0, 0.05) is 6.42 Å². The molecule has 1 rings (SSSR count). The number of nitrogens with one attached hydrogen (secondary N) is 1. The lowest BCUT2D eigenvalue weighted by Gasteiger charge is -2.41. The summed E-state index contributed by atoms with van der Waals surface area (Å²) in [6, 6.07) is -1.02. The maximum atomic E-state index is 13.4. The Morgan fingerprint density at radius 3 is 1.41 bits per heavy atom. The van der Waals surface area contributed by atoms with E-state index in [0.29, 0.717) is 19.3 Å². The van der Waals surface area contributed by atoms with Crippen LogP contribution in [0.2, 0.25) is 0 Å². The first kappa shape index (κ1) is 71.9. The van der Waals surface area contributed by atoms with Gasteiger partial charge in [-0.2, -0.15) is 0 Å². The van der Waals surface area contributed by atoms with Crippen molar-refractivity contribution >= 4 is 11.9 Å². The van der Waals surface area contributed by atoms with Crippen molar-refractivity contribution in [3.8, 4) is 0 Å². The van der Waals surface area contributed by atoms with Crippen LogP contribution in [0.15, 0.2) is 36.5 Å². The first-order valence-corrected chi connectivity index (χ1v) is 32.3. The standard InChI is InChI=1S/C65H121NO10/c1-4-7-10-13-16-19-22-24-26-27-28-29-30-31-32-33-34-37-40-43-46-49-52-58(69)64(73)66-56(57(68)51-48-45-42-39-36-21-18-15-12-9-6-3)55-74-65-63(62(72)61(71)59(54-67)75-65)76-60(70)53-50-47-44-41-38-35-25-23-20-17-14-11-8-5-2/h8,11,17,20,48,51,56-59,61-63,65,67-69,71-72H,4-7,9-10,12-16,18-19,21-47,49-50,52-55H2,1-3H3,(H,66,73)/b11-8+,20-17+,51-48+. The fraction of sp³-hybridized carbons (Fsp3) is 0.877. The van der Waals surface area contributed by atoms with Crippen molar-refractivity contribution in [1.29, 1.82) is 0 Å². The molecule has 8 atom stereocenters. The van der Waals surface area contributed by atoms with Crippen LogP contribution in [0.3, 0.4) is 0 Å². The van der Waals surface area contributed by atoms with Crippen molar-refractivity contribution < 1.29 is 49.3 Å². The van der Waals surface area contributed by atoms with Gasteiger partial charge in [0.05, 0.1) is 25.4 Å². The Balaban J connectivity index is 2.60. The molecule has 0 saturated carbocycles. The summed E-state index contributed by atoms with van der Waals surface area (Å²) in [6.07, 6.45) is 53.4. The van der Waals surface area contributed by atoms with Gasteiger partial charge in [0.2, 0.25) is 5.91 Å². The number of carbonyl (C=O) groups is 2. The molecule has 1 fully saturated rings. The summed E-state index contributed by atoms with van der Waals surface area (Å²) in [5.74, 6) is -1.19. The first-order valence-electron chi connectivity index (χ1n) is 32.3. The van der Waals surface area contributed by atoms with E-state index in [9.17, 15) is 35.1 Å². The second kappa shape index (κ2) is 53.5. The number of esters is 1. The third kappa shape index (κ3) is 41.0. The lowest BCUT2D eigenvalue weighted by Crippen LogP contribution is -2.61. The van der Waals surface area contributed by atoms with Crippen LogP contribution in [-0.2, 0) is 23.8 Å². The zero-order valence-corrected chi connectivity index (χ0v) is 49.4. The number of rotatable bonds is 55. The molecule has 446 valence electrons. The van der Waals surface area contributed by atoms with Crippen LogP contribution >= 0.6 is 0 Å². The van der Waals surface area contributed by atoms with Gasteiger partial charge in [-0.15, -0.1) is 0 Å². The zero-order valence-electron chi connectivity index (χ0n) is 49.4. The molecule has 11 heteroatoms. The maximum absolute atomic E-state index is 13.4. The molecule has 1 heterocycles. The van der Waals surface area contributed by atoms with E-state index < -0.39 is 67.4 Å². The summed E-state index contributed by atoms with van der Waals surface area (Å²) < 4.78 is 17.6. The third-order valence-corrected chi connectivity index (χ3v) is 15.3. The van der Waals surface area contributed by atoms with Gasteiger partial charge in [0.1, 0.15) is 24.4 Å². The van der Waals surface area contributed by atoms with Crippen LogP contribution in [-0.4, -0.2) is 99.6 Å². The van der Waals surface area contributed by atoms with Crippen LogP contribution in [0.4, 0.5) is 0 Å². The highest BCUT2D eigenvalue weighted by Crippen LogP contribution is 2.26. The average molecular weight is 1080 g/mol. The molecule has 0 aliphatic carbocycles. The molecule has 0 radical (unpaired) electrons. The van der Waals surface area contributed by atoms with Crippen LogP contribution in [0.1, 0.15) is 303 Å². The van der Waals surface area contributed by atoms with Gasteiger partial charge < -0.3 is 45.1 Å². The molecule has 0 aromatic rings. The predicted octanol–water partition coefficient (Wildman–Crippen LogP) is 15.5. The van der Waals surface area contributed by atoms with Crippen LogP contribution in [0.25, 0.3) is 0 Å². The van der Waals surface area contributed by atoms with Crippen LogP contribution < -0.4 is 5.32 Å². The summed E-state index contributed by atoms with van der Waals surface area (Å²) in [6.45, 7) is 5.70. The fourth-order valence-corrected chi connectivity index (χ4v) is 10.2. The molecule has 1 aliphatic heterocycles. The van der Waals surface area contributed by atoms with Crippen LogP contribution in [0.5, 0.6) is 0 Å². The number of aliphatic hydroxyl groups excluding tert-OH is 5. The largest absolute Gasteiger partial charge is 0.454 e. The van der Waals surface area contributed by atoms with E-state index in [2.05, 4.69) is 50.4 Å². The van der Waals surface area contributed by atoms with Crippen LogP contribution in [0, 0.1) is 0 Å². The highest BCUT2D eigenvalue weighted by molar-refractivity contribution is 5.80. The molecule has 0 aromatic heterocycles. The summed E-state index contributed by atoms with van der Waals surface area (Å²) in [5.41, 5.74) is 0. The molecule has 1 aliphatic rings. The van der Waals surface area contributed by atoms with E-state index >= 15 is 0 Å². The highest BCUT2D eigenvalue weighted by Gasteiger charge is 2.47. The Kier molecular flexibility index (Phi) is 50.6. The SMILES string of the molecule is CC/C=C/C/C=C/CCCCCCCCCC(=O)OC1C(OCC(NC(=O)C(O)CCCCCCCCCCCCCCCCCCCCCCCC)C(O)/C=C/CCCCCCCCCCC)OC(CO)C(O)C1O. The molecular formula is C65H121NO10. The minimum Gasteiger partial charge on any atom is -0.454 e. The third-order valence-electron chi connectivity index (χ3n) is 15.3. The number of carbonyl (C=O) groups excluding carboxylic acids is 2. The van der Waals surface area contributed by atoms with Gasteiger partial charge in [-0.25, -0.2) is 0 Å². The smallest absolute Gasteiger partial charge is 0.306 e. The topological polar surface area (TPSA) is 175 Å². The summed E-state index contributed by atoms with van der Waals surface area (Å²) >= 11 is 0. The van der Waals surface area contributed by atoms with Gasteiger partial charge in [-0.05, 0) is 51.4 Å². The van der Waals surface area contributed by atoms with E-state index in [1.54, 1.807) is 6.08 Å². The summed E-state index contributed by atoms with van der Waals surface area (Å²) in [4.78, 5) is 26.5. The molecule has 0 spiro atoms. The quantitative estimate of drug-likeness (QED) is 0.0195. The second-order valence-corrected chi connectivity index (χ2v) is 22.5. The number of hydrogen-bond donors (Lipinski definition) is 6. The van der Waals surface area contributed by atoms with Crippen molar-refractivity contribution in [1.82, 2.24) is 5.32 Å². The molecule has 1 amide bonds. The second-order valence-electron chi connectivity index (χ2n) is 22.5. The van der Waals surface area contributed by atoms with Gasteiger partial charge in [-0.1, -0.05) is 282 Å². The lowest BCUT2D eigenvalue weighted by atomic mass is 9.99. The summed E-state index contributed by atoms with van der Waals surface area (Å²) in [7, 11) is 0. The lowest BCUT2D eigenvalue weighted by molar-refractivity contribution is -0.305. The zero-order chi connectivity index (χ0) is 55.4. The molecule has 8 unspecified atom stereocenters. The number of aliphatic hydroxyl groups is 5. The Morgan fingerprint density at radius 2 is 0.947 bits per heavy atom. The normalized spacial score (nSPS) is 19.3. The van der Waals surface area contributed by atoms with E-state index in [-0.39, 0.29) is 13.0 Å². The number of amides is 1. The molecule has 76 heavy (non-hydrogen) atoms. The highest BCUT2D eigenvalue weighted by atomic mass is 16.7.